The van der Waals surface area contributed by atoms with Gasteiger partial charge in [0.1, 0.15) is 23.2 Å². The van der Waals surface area contributed by atoms with E-state index in [2.05, 4.69) is 13.2 Å². The van der Waals surface area contributed by atoms with Crippen molar-refractivity contribution in [1.29, 1.82) is 0 Å². The molecule has 0 N–H and O–H groups in total. The minimum Gasteiger partial charge on any atom is -0.423 e. The van der Waals surface area contributed by atoms with E-state index in [1.54, 1.807) is 6.08 Å². The molecular formula is C31H35F3O2. The Bertz CT molecular complexity index is 1090. The molecule has 4 unspecified atom stereocenters. The van der Waals surface area contributed by atoms with Gasteiger partial charge in [0.25, 0.3) is 0 Å². The summed E-state index contributed by atoms with van der Waals surface area (Å²) in [7, 11) is 0. The van der Waals surface area contributed by atoms with Gasteiger partial charge < -0.3 is 4.74 Å². The molecule has 2 nitrogen and oxygen atoms in total. The summed E-state index contributed by atoms with van der Waals surface area (Å²) in [4.78, 5) is 12.6. The summed E-state index contributed by atoms with van der Waals surface area (Å²) in [5, 5.41) is 0. The van der Waals surface area contributed by atoms with Gasteiger partial charge in [-0.1, -0.05) is 24.6 Å². The van der Waals surface area contributed by atoms with Gasteiger partial charge in [0.05, 0.1) is 5.56 Å². The lowest BCUT2D eigenvalue weighted by molar-refractivity contribution is 0.0733. The van der Waals surface area contributed by atoms with Crippen molar-refractivity contribution in [2.24, 2.45) is 17.8 Å². The lowest BCUT2D eigenvalue weighted by atomic mass is 9.63. The fraction of sp³-hybridized carbons (Fsp3) is 0.452. The zero-order valence-electron chi connectivity index (χ0n) is 20.8. The molecule has 4 atom stereocenters. The molecule has 0 aromatic heterocycles. The molecular weight excluding hydrogens is 461 g/mol. The second-order valence-corrected chi connectivity index (χ2v) is 10.4. The van der Waals surface area contributed by atoms with E-state index in [1.165, 1.54) is 31.4 Å². The van der Waals surface area contributed by atoms with Crippen LogP contribution in [0, 0.1) is 35.2 Å². The van der Waals surface area contributed by atoms with Crippen molar-refractivity contribution in [3.8, 4) is 5.75 Å². The number of benzene rings is 2. The van der Waals surface area contributed by atoms with Crippen molar-refractivity contribution in [3.05, 3.63) is 89.8 Å². The average Bonchev–Trinajstić information content (AvgIpc) is 2.86. The van der Waals surface area contributed by atoms with E-state index in [4.69, 9.17) is 4.74 Å². The van der Waals surface area contributed by atoms with Gasteiger partial charge in [0, 0.05) is 11.6 Å². The van der Waals surface area contributed by atoms with Gasteiger partial charge in [-0.05, 0) is 105 Å². The van der Waals surface area contributed by atoms with Crippen molar-refractivity contribution >= 4 is 5.97 Å². The van der Waals surface area contributed by atoms with Crippen molar-refractivity contribution in [2.45, 2.75) is 70.1 Å². The molecule has 0 spiro atoms. The molecule has 5 heteroatoms. The first-order valence-electron chi connectivity index (χ1n) is 13.1. The summed E-state index contributed by atoms with van der Waals surface area (Å²) in [6, 6.07) is 6.23. The largest absolute Gasteiger partial charge is 0.423 e. The average molecular weight is 497 g/mol. The van der Waals surface area contributed by atoms with Crippen LogP contribution >= 0.6 is 0 Å². The molecule has 0 aliphatic heterocycles. The molecule has 4 rings (SSSR count). The van der Waals surface area contributed by atoms with Crippen LogP contribution in [0.25, 0.3) is 0 Å². The van der Waals surface area contributed by atoms with E-state index in [1.807, 2.05) is 6.08 Å². The van der Waals surface area contributed by atoms with Crippen molar-refractivity contribution < 1.29 is 22.7 Å². The first-order chi connectivity index (χ1) is 17.4. The maximum atomic E-state index is 15.1. The van der Waals surface area contributed by atoms with Crippen molar-refractivity contribution in [2.75, 3.05) is 0 Å². The Morgan fingerprint density at radius 2 is 1.58 bits per heavy atom. The van der Waals surface area contributed by atoms with Gasteiger partial charge in [0.15, 0.2) is 0 Å². The lowest BCUT2D eigenvalue weighted by Gasteiger charge is -2.42. The molecule has 0 bridgehead atoms. The zero-order chi connectivity index (χ0) is 25.7. The van der Waals surface area contributed by atoms with E-state index in [0.717, 1.165) is 56.2 Å². The highest BCUT2D eigenvalue weighted by atomic mass is 19.1. The standard InChI is InChI=1S/C31H35F3O2/c1-3-5-7-20-9-10-23-16-24(12-11-22(23)15-20)30-28(33)17-25(18-29(30)34)31(35)36-26-14-13-21(8-6-4-2)27(32)19-26/h3-4,13-14,17-20,22-24H,1-2,5-12,15-16H2. The maximum Gasteiger partial charge on any atom is 0.343 e. The number of hydrogen-bond acceptors (Lipinski definition) is 2. The Balaban J connectivity index is 1.41. The third-order valence-electron chi connectivity index (χ3n) is 8.08. The van der Waals surface area contributed by atoms with E-state index < -0.39 is 23.4 Å². The number of allylic oxidation sites excluding steroid dienone is 2. The predicted octanol–water partition coefficient (Wildman–Crippen LogP) is 8.71. The monoisotopic (exact) mass is 496 g/mol. The first-order valence-corrected chi connectivity index (χ1v) is 13.1. The third kappa shape index (κ3) is 6.11. The smallest absolute Gasteiger partial charge is 0.343 e. The molecule has 2 saturated carbocycles. The molecule has 192 valence electrons. The number of esters is 1. The second kappa shape index (κ2) is 11.9. The molecule has 2 fully saturated rings. The Kier molecular flexibility index (Phi) is 8.71. The molecule has 0 saturated heterocycles. The Morgan fingerprint density at radius 1 is 0.889 bits per heavy atom. The van der Waals surface area contributed by atoms with Crippen LogP contribution < -0.4 is 4.74 Å². The van der Waals surface area contributed by atoms with Crippen LogP contribution in [-0.2, 0) is 6.42 Å². The number of carbonyl (C=O) groups is 1. The summed E-state index contributed by atoms with van der Waals surface area (Å²) in [6.45, 7) is 7.44. The number of ether oxygens (including phenoxy) is 1. The predicted molar refractivity (Wildman–Crippen MR) is 137 cm³/mol. The van der Waals surface area contributed by atoms with Gasteiger partial charge in [-0.3, -0.25) is 0 Å². The fourth-order valence-electron chi connectivity index (χ4n) is 6.17. The molecule has 2 aliphatic rings. The number of rotatable bonds is 9. The van der Waals surface area contributed by atoms with Crippen LogP contribution in [0.5, 0.6) is 5.75 Å². The van der Waals surface area contributed by atoms with Crippen molar-refractivity contribution in [1.82, 2.24) is 0 Å². The molecule has 2 aromatic carbocycles. The second-order valence-electron chi connectivity index (χ2n) is 10.4. The van der Waals surface area contributed by atoms with E-state index in [0.29, 0.717) is 30.2 Å². The first kappa shape index (κ1) is 26.2. The number of carbonyl (C=O) groups excluding carboxylic acids is 1. The topological polar surface area (TPSA) is 26.3 Å². The summed E-state index contributed by atoms with van der Waals surface area (Å²) >= 11 is 0. The van der Waals surface area contributed by atoms with Gasteiger partial charge >= 0.3 is 5.97 Å². The SMILES string of the molecule is C=CCCc1ccc(OC(=O)c2cc(F)c(C3CCC4CC(CCC=C)CCC4C3)c(F)c2)cc1F. The molecule has 2 aliphatic carbocycles. The summed E-state index contributed by atoms with van der Waals surface area (Å²) in [5.74, 6) is -1.17. The lowest BCUT2D eigenvalue weighted by Crippen LogP contribution is -2.31. The highest BCUT2D eigenvalue weighted by Crippen LogP contribution is 2.49. The minimum atomic E-state index is -0.917. The molecule has 0 amide bonds. The van der Waals surface area contributed by atoms with Gasteiger partial charge in [-0.25, -0.2) is 18.0 Å². The Morgan fingerprint density at radius 3 is 2.28 bits per heavy atom. The van der Waals surface area contributed by atoms with E-state index in [-0.39, 0.29) is 22.8 Å². The molecule has 0 heterocycles. The van der Waals surface area contributed by atoms with E-state index in [9.17, 15) is 9.18 Å². The zero-order valence-corrected chi connectivity index (χ0v) is 20.8. The Labute approximate surface area is 212 Å². The number of hydrogen-bond donors (Lipinski definition) is 0. The third-order valence-corrected chi connectivity index (χ3v) is 8.08. The van der Waals surface area contributed by atoms with Crippen LogP contribution in [0.2, 0.25) is 0 Å². The quantitative estimate of drug-likeness (QED) is 0.197. The Hall–Kier alpha value is -2.82. The minimum absolute atomic E-state index is 0.00763. The van der Waals surface area contributed by atoms with Gasteiger partial charge in [-0.15, -0.1) is 13.2 Å². The van der Waals surface area contributed by atoms with Crippen LogP contribution in [-0.4, -0.2) is 5.97 Å². The summed E-state index contributed by atoms with van der Waals surface area (Å²) in [6.07, 6.45) is 13.0. The van der Waals surface area contributed by atoms with Gasteiger partial charge in [0.2, 0.25) is 0 Å². The van der Waals surface area contributed by atoms with Crippen LogP contribution in [0.4, 0.5) is 13.2 Å². The number of aryl methyl sites for hydroxylation is 1. The van der Waals surface area contributed by atoms with Crippen LogP contribution in [0.1, 0.15) is 85.2 Å². The van der Waals surface area contributed by atoms with E-state index >= 15 is 8.78 Å². The highest BCUT2D eigenvalue weighted by Gasteiger charge is 2.37. The maximum absolute atomic E-state index is 15.1. The highest BCUT2D eigenvalue weighted by molar-refractivity contribution is 5.91. The van der Waals surface area contributed by atoms with Crippen LogP contribution in [0.3, 0.4) is 0 Å². The fourth-order valence-corrected chi connectivity index (χ4v) is 6.17. The molecule has 2 aromatic rings. The molecule has 36 heavy (non-hydrogen) atoms. The number of fused-ring (bicyclic) bond motifs is 1. The normalized spacial score (nSPS) is 23.5. The number of halogens is 3. The van der Waals surface area contributed by atoms with Crippen molar-refractivity contribution in [3.63, 3.8) is 0 Å². The van der Waals surface area contributed by atoms with Gasteiger partial charge in [-0.2, -0.15) is 0 Å². The molecule has 0 radical (unpaired) electrons. The summed E-state index contributed by atoms with van der Waals surface area (Å²) in [5.41, 5.74) is 0.341. The summed E-state index contributed by atoms with van der Waals surface area (Å²) < 4.78 is 49.7. The van der Waals surface area contributed by atoms with Crippen LogP contribution in [0.15, 0.2) is 55.6 Å².